The fraction of sp³-hybridized carbons (Fsp3) is 0.857. The fourth-order valence-corrected chi connectivity index (χ4v) is 11.8. The highest BCUT2D eigenvalue weighted by Crippen LogP contribution is 2.44. The molecule has 8 N–H and O–H groups in total. The van der Waals surface area contributed by atoms with Crippen molar-refractivity contribution >= 4 is 53.7 Å². The van der Waals surface area contributed by atoms with Crippen molar-refractivity contribution in [2.24, 2.45) is 93.7 Å². The summed E-state index contributed by atoms with van der Waals surface area (Å²) in [5, 5.41) is 72.3. The molecular weight excluding hydrogens is 1040 g/mol. The Morgan fingerprint density at radius 2 is 0.889 bits per heavy atom. The Morgan fingerprint density at radius 3 is 1.27 bits per heavy atom. The lowest BCUT2D eigenvalue weighted by Gasteiger charge is -2.40. The van der Waals surface area contributed by atoms with E-state index in [2.05, 4.69) is 34.6 Å². The summed E-state index contributed by atoms with van der Waals surface area (Å²) in [6, 6.07) is 0. The van der Waals surface area contributed by atoms with E-state index in [1.165, 1.54) is 7.11 Å². The number of unbranched alkanes of at least 4 members (excludes halogenated alkanes) is 3. The van der Waals surface area contributed by atoms with Crippen molar-refractivity contribution in [2.45, 2.75) is 246 Å². The van der Waals surface area contributed by atoms with E-state index in [-0.39, 0.29) is 79.5 Å². The van der Waals surface area contributed by atoms with Crippen molar-refractivity contribution < 1.29 is 88.7 Å². The summed E-state index contributed by atoms with van der Waals surface area (Å²) in [6.45, 7) is 33.4. The lowest BCUT2D eigenvalue weighted by molar-refractivity contribution is -0.169. The number of esters is 1. The zero-order valence-corrected chi connectivity index (χ0v) is 53.4. The van der Waals surface area contributed by atoms with Gasteiger partial charge in [-0.15, -0.1) is 0 Å². The summed E-state index contributed by atoms with van der Waals surface area (Å²) < 4.78 is 4.80. The minimum absolute atomic E-state index is 0.0948. The predicted octanol–water partition coefficient (Wildman–Crippen LogP) is 14.5. The van der Waals surface area contributed by atoms with Crippen LogP contribution in [-0.4, -0.2) is 102 Å². The number of carbonyl (C=O) groups excluding carboxylic acids is 1. The second-order valence-corrected chi connectivity index (χ2v) is 25.9. The summed E-state index contributed by atoms with van der Waals surface area (Å²) in [7, 11) is 1.30. The van der Waals surface area contributed by atoms with Gasteiger partial charge in [0, 0.05) is 25.7 Å². The molecule has 0 aliphatic carbocycles. The first kappa shape index (κ1) is 82.7. The van der Waals surface area contributed by atoms with Crippen LogP contribution in [0.4, 0.5) is 0 Å². The quantitative estimate of drug-likeness (QED) is 0.0208. The largest absolute Gasteiger partial charge is 0.481 e. The number of carboxylic acids is 8. The fourth-order valence-electron chi connectivity index (χ4n) is 11.8. The zero-order valence-electron chi connectivity index (χ0n) is 53.4. The molecule has 18 nitrogen and oxygen atoms in total. The topological polar surface area (TPSA) is 325 Å². The van der Waals surface area contributed by atoms with Crippen molar-refractivity contribution in [3.63, 3.8) is 0 Å². The molecular formula is C63H116O18. The maximum absolute atomic E-state index is 11.9. The van der Waals surface area contributed by atoms with Gasteiger partial charge in [-0.3, -0.25) is 43.2 Å². The van der Waals surface area contributed by atoms with Gasteiger partial charge in [0.2, 0.25) is 0 Å². The number of carbonyl (C=O) groups is 9. The number of methoxy groups -OCH3 is 1. The van der Waals surface area contributed by atoms with Crippen LogP contribution >= 0.6 is 0 Å². The number of aliphatic carboxylic acids is 8. The average Bonchev–Trinajstić information content (AvgIpc) is 3.30. The van der Waals surface area contributed by atoms with Crippen molar-refractivity contribution in [3.05, 3.63) is 0 Å². The molecule has 0 saturated heterocycles. The highest BCUT2D eigenvalue weighted by molar-refractivity contribution is 5.83. The summed E-state index contributed by atoms with van der Waals surface area (Å²) >= 11 is 0. The normalized spacial score (nSPS) is 17.2. The predicted molar refractivity (Wildman–Crippen MR) is 316 cm³/mol. The third-order valence-electron chi connectivity index (χ3n) is 16.2. The van der Waals surface area contributed by atoms with E-state index in [1.54, 1.807) is 20.8 Å². The molecule has 14 unspecified atom stereocenters. The molecule has 0 aromatic carbocycles. The average molecular weight is 1160 g/mol. The van der Waals surface area contributed by atoms with E-state index < -0.39 is 70.4 Å². The van der Waals surface area contributed by atoms with E-state index in [0.717, 1.165) is 77.0 Å². The maximum atomic E-state index is 11.9. The van der Waals surface area contributed by atoms with Crippen molar-refractivity contribution in [1.29, 1.82) is 0 Å². The lowest BCUT2D eigenvalue weighted by Crippen LogP contribution is -2.48. The van der Waals surface area contributed by atoms with Gasteiger partial charge >= 0.3 is 53.7 Å². The van der Waals surface area contributed by atoms with Gasteiger partial charge in [0.1, 0.15) is 0 Å². The van der Waals surface area contributed by atoms with Crippen molar-refractivity contribution in [3.8, 4) is 0 Å². The van der Waals surface area contributed by atoms with Gasteiger partial charge in [0.05, 0.1) is 35.7 Å². The highest BCUT2D eigenvalue weighted by Gasteiger charge is 2.51. The number of hydrogen-bond donors (Lipinski definition) is 8. The Balaban J connectivity index is -0.000000488. The van der Waals surface area contributed by atoms with Gasteiger partial charge in [-0.2, -0.15) is 0 Å². The van der Waals surface area contributed by atoms with E-state index in [1.807, 2.05) is 62.3 Å². The van der Waals surface area contributed by atoms with Crippen LogP contribution in [0.1, 0.15) is 246 Å². The van der Waals surface area contributed by atoms with E-state index in [4.69, 9.17) is 30.3 Å². The monoisotopic (exact) mass is 1160 g/mol. The molecule has 0 aromatic heterocycles. The maximum Gasteiger partial charge on any atom is 0.311 e. The van der Waals surface area contributed by atoms with Crippen LogP contribution in [-0.2, 0) is 47.9 Å². The number of carboxylic acid groups (broad SMARTS) is 8. The molecule has 0 heterocycles. The minimum Gasteiger partial charge on any atom is -0.481 e. The Morgan fingerprint density at radius 1 is 0.444 bits per heavy atom. The van der Waals surface area contributed by atoms with Crippen LogP contribution in [0.5, 0.6) is 0 Å². The standard InChI is InChI=1S/3C16H30O4.C15H26O6/c1-10(2)6-13(5)14(16(19)20)8-11(3)7-12(4)9-15(17)18;1-7-8-12(5)16(6,15(19)20)13(14(17)18)11(4)9-10(2)3;1-11(8-12(2)10-16(19)20)9-14(4)13(3)6-5-7-15(17)18;1-11(13(18)19)10-15(2,14(20)21-3)9-7-5-4-6-8-12(16)17/h10-14H,6-9H2,1-5H3,(H,17,18)(H,19,20);10-13H,7-9H2,1-6H3,(H,17,18)(H,19,20);11-14H,5-10H2,1-4H3,(H,17,18)(H,19,20);11H,4-10H2,1-3H3,(H,16,17)(H,18,19). The van der Waals surface area contributed by atoms with E-state index in [0.29, 0.717) is 48.9 Å². The van der Waals surface area contributed by atoms with E-state index in [9.17, 15) is 58.5 Å². The van der Waals surface area contributed by atoms with Gasteiger partial charge in [0.25, 0.3) is 0 Å². The summed E-state index contributed by atoms with van der Waals surface area (Å²) in [5.41, 5.74) is -2.03. The van der Waals surface area contributed by atoms with E-state index >= 15 is 0 Å². The molecule has 81 heavy (non-hydrogen) atoms. The molecule has 0 fully saturated rings. The molecule has 0 aromatic rings. The Labute approximate surface area is 487 Å². The summed E-state index contributed by atoms with van der Waals surface area (Å²) in [5.74, 6) is -6.04. The van der Waals surface area contributed by atoms with Crippen LogP contribution in [0.2, 0.25) is 0 Å². The molecule has 0 radical (unpaired) electrons. The lowest BCUT2D eigenvalue weighted by atomic mass is 9.62. The second kappa shape index (κ2) is 43.8. The summed E-state index contributed by atoms with van der Waals surface area (Å²) in [4.78, 5) is 100. The number of rotatable bonds is 41. The second-order valence-electron chi connectivity index (χ2n) is 25.9. The minimum atomic E-state index is -1.23. The van der Waals surface area contributed by atoms with Gasteiger partial charge < -0.3 is 45.6 Å². The molecule has 0 saturated carbocycles. The molecule has 14 atom stereocenters. The third kappa shape index (κ3) is 39.4. The van der Waals surface area contributed by atoms with Gasteiger partial charge in [-0.1, -0.05) is 130 Å². The van der Waals surface area contributed by atoms with Gasteiger partial charge in [-0.05, 0) is 156 Å². The van der Waals surface area contributed by atoms with Crippen LogP contribution in [0.25, 0.3) is 0 Å². The Bertz CT molecular complexity index is 1830. The SMILES string of the molecule is CC(C)CC(C)C(CC(C)CC(C)CC(=O)O)C(=O)O.CC(CC(=O)O)CC(C)CC(C)C(C)CCCC(=O)O.CCCC(C)C(C)(C(=O)O)C(C(=O)O)C(C)CC(C)C.COC(=O)C(C)(CCCCCCC(=O)O)CC(C)C(=O)O. The molecule has 18 heteroatoms. The summed E-state index contributed by atoms with van der Waals surface area (Å²) in [6.07, 6.45) is 12.9. The zero-order chi connectivity index (χ0) is 64.1. The van der Waals surface area contributed by atoms with Gasteiger partial charge in [-0.25, -0.2) is 0 Å². The van der Waals surface area contributed by atoms with Crippen molar-refractivity contribution in [2.75, 3.05) is 7.11 Å². The Hall–Kier alpha value is -4.77. The van der Waals surface area contributed by atoms with Crippen molar-refractivity contribution in [1.82, 2.24) is 0 Å². The van der Waals surface area contributed by atoms with Crippen LogP contribution in [0.15, 0.2) is 0 Å². The number of ether oxygens (including phenoxy) is 1. The first-order chi connectivity index (χ1) is 37.2. The van der Waals surface area contributed by atoms with Gasteiger partial charge in [0.15, 0.2) is 0 Å². The molecule has 0 amide bonds. The number of hydrogen-bond acceptors (Lipinski definition) is 10. The van der Waals surface area contributed by atoms with Crippen LogP contribution < -0.4 is 0 Å². The highest BCUT2D eigenvalue weighted by atomic mass is 16.5. The molecule has 0 aliphatic rings. The first-order valence-corrected chi connectivity index (χ1v) is 30.0. The van der Waals surface area contributed by atoms with Crippen LogP contribution in [0, 0.1) is 93.7 Å². The molecule has 0 bridgehead atoms. The first-order valence-electron chi connectivity index (χ1n) is 30.0. The van der Waals surface area contributed by atoms with Crippen LogP contribution in [0.3, 0.4) is 0 Å². The molecule has 0 aliphatic heterocycles. The molecule has 476 valence electrons. The Kier molecular flexibility index (Phi) is 44.8. The third-order valence-corrected chi connectivity index (χ3v) is 16.2. The smallest absolute Gasteiger partial charge is 0.311 e. The molecule has 0 spiro atoms. The molecule has 0 rings (SSSR count).